The third-order valence-corrected chi connectivity index (χ3v) is 2.88. The minimum atomic E-state index is -0.234. The predicted octanol–water partition coefficient (Wildman–Crippen LogP) is 2.81. The number of aromatic nitrogens is 2. The monoisotopic (exact) mass is 290 g/mol. The molecule has 0 saturated carbocycles. The molecule has 2 N–H and O–H groups in total. The van der Waals surface area contributed by atoms with Gasteiger partial charge in [-0.15, -0.1) is 0 Å². The zero-order chi connectivity index (χ0) is 15.1. The average Bonchev–Trinajstić information content (AvgIpc) is 2.52. The van der Waals surface area contributed by atoms with Crippen LogP contribution < -0.4 is 10.6 Å². The van der Waals surface area contributed by atoms with E-state index in [2.05, 4.69) is 20.6 Å². The fraction of sp³-hybridized carbons (Fsp3) is 0.333. The van der Waals surface area contributed by atoms with E-state index in [9.17, 15) is 4.39 Å². The lowest BCUT2D eigenvalue weighted by molar-refractivity contribution is 0.128. The third-order valence-electron chi connectivity index (χ3n) is 2.88. The lowest BCUT2D eigenvalue weighted by Crippen LogP contribution is -2.08. The summed E-state index contributed by atoms with van der Waals surface area (Å²) in [6, 6.07) is 8.43. The molecule has 1 heterocycles. The van der Waals surface area contributed by atoms with Crippen LogP contribution in [0.1, 0.15) is 18.3 Å². The first kappa shape index (κ1) is 15.2. The maximum absolute atomic E-state index is 13.6. The van der Waals surface area contributed by atoms with Crippen molar-refractivity contribution in [2.45, 2.75) is 20.1 Å². The molecule has 21 heavy (non-hydrogen) atoms. The van der Waals surface area contributed by atoms with Crippen LogP contribution in [0.3, 0.4) is 0 Å². The Morgan fingerprint density at radius 1 is 1.19 bits per heavy atom. The molecule has 0 fully saturated rings. The molecule has 0 aliphatic rings. The summed E-state index contributed by atoms with van der Waals surface area (Å²) < 4.78 is 18.9. The van der Waals surface area contributed by atoms with Crippen molar-refractivity contribution in [3.8, 4) is 0 Å². The Morgan fingerprint density at radius 3 is 2.67 bits per heavy atom. The molecule has 0 aliphatic carbocycles. The Bertz CT molecular complexity index is 592. The van der Waals surface area contributed by atoms with Gasteiger partial charge in [0.2, 0.25) is 0 Å². The number of ether oxygens (including phenoxy) is 1. The van der Waals surface area contributed by atoms with E-state index in [0.29, 0.717) is 42.8 Å². The summed E-state index contributed by atoms with van der Waals surface area (Å²) in [5.41, 5.74) is 0.591. The van der Waals surface area contributed by atoms with Gasteiger partial charge in [0.15, 0.2) is 5.82 Å². The summed E-state index contributed by atoms with van der Waals surface area (Å²) in [6.45, 7) is 3.23. The van der Waals surface area contributed by atoms with Gasteiger partial charge < -0.3 is 15.4 Å². The summed E-state index contributed by atoms with van der Waals surface area (Å²) >= 11 is 0. The highest BCUT2D eigenvalue weighted by atomic mass is 19.1. The summed E-state index contributed by atoms with van der Waals surface area (Å²) in [7, 11) is 1.79. The highest BCUT2D eigenvalue weighted by Crippen LogP contribution is 2.14. The lowest BCUT2D eigenvalue weighted by Gasteiger charge is -2.10. The van der Waals surface area contributed by atoms with Gasteiger partial charge in [0.25, 0.3) is 0 Å². The summed E-state index contributed by atoms with van der Waals surface area (Å²) in [5.74, 6) is 1.67. The Labute approximate surface area is 123 Å². The second-order valence-corrected chi connectivity index (χ2v) is 4.39. The highest BCUT2D eigenvalue weighted by Gasteiger charge is 2.05. The number of rotatable bonds is 7. The molecule has 0 atom stereocenters. The van der Waals surface area contributed by atoms with Crippen molar-refractivity contribution < 1.29 is 9.13 Å². The number of hydrogen-bond acceptors (Lipinski definition) is 5. The second-order valence-electron chi connectivity index (χ2n) is 4.39. The van der Waals surface area contributed by atoms with Gasteiger partial charge in [-0.25, -0.2) is 14.4 Å². The van der Waals surface area contributed by atoms with Crippen LogP contribution in [0.15, 0.2) is 30.3 Å². The standard InChI is InChI=1S/C15H19FN4O/c1-3-21-10-15-19-13(17-2)8-14(20-15)18-9-11-6-4-5-7-12(11)16/h4-8H,3,9-10H2,1-2H3,(H2,17,18,19,20). The zero-order valence-electron chi connectivity index (χ0n) is 12.2. The summed E-state index contributed by atoms with van der Waals surface area (Å²) in [6.07, 6.45) is 0. The predicted molar refractivity (Wildman–Crippen MR) is 80.6 cm³/mol. The highest BCUT2D eigenvalue weighted by molar-refractivity contribution is 5.47. The van der Waals surface area contributed by atoms with Gasteiger partial charge in [0.05, 0.1) is 0 Å². The van der Waals surface area contributed by atoms with Gasteiger partial charge >= 0.3 is 0 Å². The molecule has 5 nitrogen and oxygen atoms in total. The molecule has 112 valence electrons. The molecule has 0 radical (unpaired) electrons. The van der Waals surface area contributed by atoms with Gasteiger partial charge in [-0.2, -0.15) is 0 Å². The first-order valence-corrected chi connectivity index (χ1v) is 6.83. The van der Waals surface area contributed by atoms with E-state index in [1.165, 1.54) is 6.07 Å². The third kappa shape index (κ3) is 4.39. The van der Waals surface area contributed by atoms with Crippen molar-refractivity contribution in [3.63, 3.8) is 0 Å². The van der Waals surface area contributed by atoms with Gasteiger partial charge in [0, 0.05) is 31.8 Å². The van der Waals surface area contributed by atoms with Crippen LogP contribution in [-0.2, 0) is 17.9 Å². The van der Waals surface area contributed by atoms with Crippen molar-refractivity contribution in [3.05, 3.63) is 47.5 Å². The van der Waals surface area contributed by atoms with Crippen molar-refractivity contribution in [2.75, 3.05) is 24.3 Å². The van der Waals surface area contributed by atoms with Crippen LogP contribution >= 0.6 is 0 Å². The Morgan fingerprint density at radius 2 is 1.95 bits per heavy atom. The van der Waals surface area contributed by atoms with Crippen molar-refractivity contribution >= 4 is 11.6 Å². The van der Waals surface area contributed by atoms with Gasteiger partial charge in [-0.3, -0.25) is 0 Å². The molecule has 2 rings (SSSR count). The fourth-order valence-corrected chi connectivity index (χ4v) is 1.80. The number of benzene rings is 1. The summed E-state index contributed by atoms with van der Waals surface area (Å²) in [5, 5.41) is 6.08. The molecule has 1 aromatic heterocycles. The number of nitrogens with zero attached hydrogens (tertiary/aromatic N) is 2. The lowest BCUT2D eigenvalue weighted by atomic mass is 10.2. The summed E-state index contributed by atoms with van der Waals surface area (Å²) in [4.78, 5) is 8.65. The Hall–Kier alpha value is -2.21. The van der Waals surface area contributed by atoms with Crippen LogP contribution in [0.2, 0.25) is 0 Å². The van der Waals surface area contributed by atoms with Crippen LogP contribution in [0, 0.1) is 5.82 Å². The van der Waals surface area contributed by atoms with Crippen LogP contribution in [0.5, 0.6) is 0 Å². The quantitative estimate of drug-likeness (QED) is 0.821. The van der Waals surface area contributed by atoms with Crippen molar-refractivity contribution in [2.24, 2.45) is 0 Å². The normalized spacial score (nSPS) is 10.4. The molecule has 0 unspecified atom stereocenters. The molecular weight excluding hydrogens is 271 g/mol. The van der Waals surface area contributed by atoms with E-state index in [-0.39, 0.29) is 5.82 Å². The maximum atomic E-state index is 13.6. The van der Waals surface area contributed by atoms with Crippen LogP contribution in [0.25, 0.3) is 0 Å². The number of nitrogens with one attached hydrogen (secondary N) is 2. The van der Waals surface area contributed by atoms with E-state index in [4.69, 9.17) is 4.74 Å². The first-order chi connectivity index (χ1) is 10.2. The Balaban J connectivity index is 2.09. The van der Waals surface area contributed by atoms with Crippen molar-refractivity contribution in [1.29, 1.82) is 0 Å². The molecule has 0 bridgehead atoms. The smallest absolute Gasteiger partial charge is 0.158 e. The first-order valence-electron chi connectivity index (χ1n) is 6.83. The maximum Gasteiger partial charge on any atom is 0.158 e. The number of halogens is 1. The topological polar surface area (TPSA) is 59.1 Å². The molecule has 1 aromatic carbocycles. The zero-order valence-corrected chi connectivity index (χ0v) is 12.2. The number of anilines is 2. The minimum Gasteiger partial charge on any atom is -0.374 e. The molecule has 0 spiro atoms. The van der Waals surface area contributed by atoms with E-state index < -0.39 is 0 Å². The average molecular weight is 290 g/mol. The molecular formula is C15H19FN4O. The molecule has 2 aromatic rings. The van der Waals surface area contributed by atoms with Crippen LogP contribution in [0.4, 0.5) is 16.0 Å². The van der Waals surface area contributed by atoms with E-state index in [1.807, 2.05) is 6.92 Å². The fourth-order valence-electron chi connectivity index (χ4n) is 1.80. The SMILES string of the molecule is CCOCc1nc(NC)cc(NCc2ccccc2F)n1. The molecule has 0 aliphatic heterocycles. The van der Waals surface area contributed by atoms with E-state index in [1.54, 1.807) is 31.3 Å². The van der Waals surface area contributed by atoms with Gasteiger partial charge in [-0.1, -0.05) is 18.2 Å². The molecule has 0 amide bonds. The minimum absolute atomic E-state index is 0.234. The molecule has 0 saturated heterocycles. The second kappa shape index (κ2) is 7.54. The van der Waals surface area contributed by atoms with Gasteiger partial charge in [-0.05, 0) is 13.0 Å². The van der Waals surface area contributed by atoms with E-state index in [0.717, 1.165) is 0 Å². The largest absolute Gasteiger partial charge is 0.374 e. The van der Waals surface area contributed by atoms with Gasteiger partial charge in [0.1, 0.15) is 24.1 Å². The van der Waals surface area contributed by atoms with Crippen molar-refractivity contribution in [1.82, 2.24) is 9.97 Å². The Kier molecular flexibility index (Phi) is 5.45. The van der Waals surface area contributed by atoms with Crippen LogP contribution in [-0.4, -0.2) is 23.6 Å². The van der Waals surface area contributed by atoms with E-state index >= 15 is 0 Å². The number of hydrogen-bond donors (Lipinski definition) is 2. The molecule has 6 heteroatoms.